The van der Waals surface area contributed by atoms with Crippen LogP contribution in [0.2, 0.25) is 0 Å². The number of aromatic nitrogens is 2. The Labute approximate surface area is 154 Å². The molecule has 3 atom stereocenters. The van der Waals surface area contributed by atoms with Crippen molar-refractivity contribution in [3.63, 3.8) is 0 Å². The Kier molecular flexibility index (Phi) is 4.61. The fourth-order valence-electron chi connectivity index (χ4n) is 4.96. The van der Waals surface area contributed by atoms with Crippen LogP contribution in [0.3, 0.4) is 0 Å². The van der Waals surface area contributed by atoms with Gasteiger partial charge in [0.05, 0.1) is 11.3 Å². The highest BCUT2D eigenvalue weighted by Crippen LogP contribution is 2.48. The molecule has 26 heavy (non-hydrogen) atoms. The highest BCUT2D eigenvalue weighted by Gasteiger charge is 2.49. The van der Waals surface area contributed by atoms with Crippen LogP contribution in [0.15, 0.2) is 30.5 Å². The van der Waals surface area contributed by atoms with Crippen molar-refractivity contribution in [2.45, 2.75) is 51.8 Å². The van der Waals surface area contributed by atoms with Crippen LogP contribution in [0.1, 0.15) is 43.0 Å². The number of hydrogen-bond donors (Lipinski definition) is 1. The van der Waals surface area contributed by atoms with Crippen LogP contribution >= 0.6 is 0 Å². The molecule has 1 aromatic heterocycles. The molecule has 1 saturated carbocycles. The van der Waals surface area contributed by atoms with Gasteiger partial charge in [-0.1, -0.05) is 12.1 Å². The molecule has 4 nitrogen and oxygen atoms in total. The Morgan fingerprint density at radius 3 is 2.73 bits per heavy atom. The van der Waals surface area contributed by atoms with Gasteiger partial charge in [0.1, 0.15) is 5.82 Å². The van der Waals surface area contributed by atoms with Gasteiger partial charge < -0.3 is 5.11 Å². The van der Waals surface area contributed by atoms with Crippen molar-refractivity contribution < 1.29 is 9.50 Å². The first-order valence-electron chi connectivity index (χ1n) is 9.73. The second-order valence-electron chi connectivity index (χ2n) is 7.98. The van der Waals surface area contributed by atoms with Gasteiger partial charge in [-0.05, 0) is 56.7 Å². The van der Waals surface area contributed by atoms with Crippen molar-refractivity contribution in [1.29, 1.82) is 0 Å². The Morgan fingerprint density at radius 1 is 1.27 bits per heavy atom. The second-order valence-corrected chi connectivity index (χ2v) is 7.98. The lowest BCUT2D eigenvalue weighted by Gasteiger charge is -2.41. The Balaban J connectivity index is 1.54. The number of aryl methyl sites for hydroxylation is 2. The number of benzene rings is 1. The topological polar surface area (TPSA) is 41.3 Å². The van der Waals surface area contributed by atoms with Crippen molar-refractivity contribution in [2.75, 3.05) is 13.1 Å². The summed E-state index contributed by atoms with van der Waals surface area (Å²) in [6, 6.07) is 6.45. The standard InChI is InChI=1S/C21H28FN3O/c1-3-25-13-17(15(2)23-25)12-24-11-16-5-4-10-21(26,20(16)14-24)18-6-8-19(22)9-7-18/h6-9,13,16,20,26H,3-5,10-12,14H2,1-2H3/t16-,20-,21+/m0/s1. The molecule has 1 aliphatic heterocycles. The molecular weight excluding hydrogens is 329 g/mol. The average Bonchev–Trinajstić information content (AvgIpc) is 3.20. The van der Waals surface area contributed by atoms with Gasteiger partial charge in [-0.2, -0.15) is 5.10 Å². The number of rotatable bonds is 4. The molecule has 4 rings (SSSR count). The fraction of sp³-hybridized carbons (Fsp3) is 0.571. The maximum Gasteiger partial charge on any atom is 0.123 e. The minimum Gasteiger partial charge on any atom is -0.385 e. The number of nitrogens with zero attached hydrogens (tertiary/aromatic N) is 3. The second kappa shape index (κ2) is 6.78. The van der Waals surface area contributed by atoms with Crippen molar-refractivity contribution in [1.82, 2.24) is 14.7 Å². The van der Waals surface area contributed by atoms with Crippen molar-refractivity contribution >= 4 is 0 Å². The SMILES string of the molecule is CCn1cc(CN2C[C@@H]3CCC[C@@](O)(c4ccc(F)cc4)[C@H]3C2)c(C)n1. The normalized spacial score (nSPS) is 29.1. The van der Waals surface area contributed by atoms with Gasteiger partial charge in [0.15, 0.2) is 0 Å². The van der Waals surface area contributed by atoms with Gasteiger partial charge in [0, 0.05) is 43.9 Å². The van der Waals surface area contributed by atoms with Crippen LogP contribution in [0.4, 0.5) is 4.39 Å². The Hall–Kier alpha value is -1.72. The third-order valence-electron chi connectivity index (χ3n) is 6.37. The summed E-state index contributed by atoms with van der Waals surface area (Å²) in [4.78, 5) is 2.46. The third kappa shape index (κ3) is 3.08. The zero-order valence-electron chi connectivity index (χ0n) is 15.7. The maximum absolute atomic E-state index is 13.3. The molecular formula is C21H28FN3O. The summed E-state index contributed by atoms with van der Waals surface area (Å²) in [6.07, 6.45) is 5.09. The molecule has 0 spiro atoms. The van der Waals surface area contributed by atoms with E-state index < -0.39 is 5.60 Å². The predicted octanol–water partition coefficient (Wildman–Crippen LogP) is 3.47. The average molecular weight is 357 g/mol. The van der Waals surface area contributed by atoms with E-state index in [-0.39, 0.29) is 11.7 Å². The van der Waals surface area contributed by atoms with Crippen molar-refractivity contribution in [3.8, 4) is 0 Å². The van der Waals surface area contributed by atoms with Crippen molar-refractivity contribution in [2.24, 2.45) is 11.8 Å². The van der Waals surface area contributed by atoms with Gasteiger partial charge in [0.2, 0.25) is 0 Å². The van der Waals surface area contributed by atoms with Crippen LogP contribution in [0.5, 0.6) is 0 Å². The molecule has 2 heterocycles. The zero-order chi connectivity index (χ0) is 18.3. The molecule has 1 saturated heterocycles. The molecule has 5 heteroatoms. The van der Waals surface area contributed by atoms with Gasteiger partial charge in [0.25, 0.3) is 0 Å². The van der Waals surface area contributed by atoms with Gasteiger partial charge in [-0.25, -0.2) is 4.39 Å². The minimum atomic E-state index is -0.839. The maximum atomic E-state index is 13.3. The van der Waals surface area contributed by atoms with Gasteiger partial charge >= 0.3 is 0 Å². The molecule has 0 unspecified atom stereocenters. The molecule has 2 aliphatic rings. The summed E-state index contributed by atoms with van der Waals surface area (Å²) in [6.45, 7) is 7.85. The minimum absolute atomic E-state index is 0.211. The molecule has 1 aromatic carbocycles. The number of halogens is 1. The van der Waals surface area contributed by atoms with Gasteiger partial charge in [-0.15, -0.1) is 0 Å². The zero-order valence-corrected chi connectivity index (χ0v) is 15.7. The molecule has 0 bridgehead atoms. The smallest absolute Gasteiger partial charge is 0.123 e. The Morgan fingerprint density at radius 2 is 2.04 bits per heavy atom. The van der Waals surface area contributed by atoms with E-state index in [0.29, 0.717) is 5.92 Å². The van der Waals surface area contributed by atoms with Crippen LogP contribution in [0, 0.1) is 24.6 Å². The van der Waals surface area contributed by atoms with E-state index in [1.54, 1.807) is 12.1 Å². The lowest BCUT2D eigenvalue weighted by molar-refractivity contribution is -0.0648. The Bertz CT molecular complexity index is 772. The summed E-state index contributed by atoms with van der Waals surface area (Å²) >= 11 is 0. The number of likely N-dealkylation sites (tertiary alicyclic amines) is 1. The van der Waals surface area contributed by atoms with Crippen LogP contribution < -0.4 is 0 Å². The van der Waals surface area contributed by atoms with Crippen LogP contribution in [0.25, 0.3) is 0 Å². The number of hydrogen-bond acceptors (Lipinski definition) is 3. The van der Waals surface area contributed by atoms with Gasteiger partial charge in [-0.3, -0.25) is 9.58 Å². The number of fused-ring (bicyclic) bond motifs is 1. The molecule has 2 fully saturated rings. The molecule has 140 valence electrons. The predicted molar refractivity (Wildman–Crippen MR) is 99.0 cm³/mol. The quantitative estimate of drug-likeness (QED) is 0.911. The highest BCUT2D eigenvalue weighted by atomic mass is 19.1. The summed E-state index contributed by atoms with van der Waals surface area (Å²) in [5.74, 6) is 0.463. The summed E-state index contributed by atoms with van der Waals surface area (Å²) < 4.78 is 15.3. The third-order valence-corrected chi connectivity index (χ3v) is 6.37. The van der Waals surface area contributed by atoms with Crippen LogP contribution in [-0.4, -0.2) is 32.9 Å². The molecule has 1 aliphatic carbocycles. The lowest BCUT2D eigenvalue weighted by atomic mass is 9.67. The van der Waals surface area contributed by atoms with E-state index in [9.17, 15) is 9.50 Å². The van der Waals surface area contributed by atoms with E-state index in [0.717, 1.165) is 56.7 Å². The van der Waals surface area contributed by atoms with E-state index in [1.165, 1.54) is 17.7 Å². The van der Waals surface area contributed by atoms with Crippen LogP contribution in [-0.2, 0) is 18.7 Å². The number of aliphatic hydroxyl groups is 1. The molecule has 1 N–H and O–H groups in total. The monoisotopic (exact) mass is 357 g/mol. The first-order valence-corrected chi connectivity index (χ1v) is 9.73. The summed E-state index contributed by atoms with van der Waals surface area (Å²) in [5, 5.41) is 16.1. The largest absolute Gasteiger partial charge is 0.385 e. The first-order chi connectivity index (χ1) is 12.5. The first kappa shape index (κ1) is 17.7. The summed E-state index contributed by atoms with van der Waals surface area (Å²) in [7, 11) is 0. The van der Waals surface area contributed by atoms with E-state index in [4.69, 9.17) is 0 Å². The molecule has 0 radical (unpaired) electrons. The lowest BCUT2D eigenvalue weighted by Crippen LogP contribution is -2.42. The summed E-state index contributed by atoms with van der Waals surface area (Å²) in [5.41, 5.74) is 2.39. The molecule has 0 amide bonds. The fourth-order valence-corrected chi connectivity index (χ4v) is 4.96. The molecule has 2 aromatic rings. The van der Waals surface area contributed by atoms with E-state index in [2.05, 4.69) is 30.0 Å². The van der Waals surface area contributed by atoms with Crippen molar-refractivity contribution in [3.05, 3.63) is 53.1 Å². The highest BCUT2D eigenvalue weighted by molar-refractivity contribution is 5.26. The van der Waals surface area contributed by atoms with E-state index in [1.807, 2.05) is 4.68 Å². The van der Waals surface area contributed by atoms with E-state index >= 15 is 0 Å².